The fourth-order valence-corrected chi connectivity index (χ4v) is 3.10. The van der Waals surface area contributed by atoms with Crippen LogP contribution in [0.15, 0.2) is 42.6 Å². The molecule has 0 aliphatic heterocycles. The monoisotopic (exact) mass is 320 g/mol. The van der Waals surface area contributed by atoms with Gasteiger partial charge in [-0.05, 0) is 36.6 Å². The molecule has 2 atom stereocenters. The molecule has 1 aromatic heterocycles. The Morgan fingerprint density at radius 1 is 1.14 bits per heavy atom. The summed E-state index contributed by atoms with van der Waals surface area (Å²) >= 11 is 12.2. The summed E-state index contributed by atoms with van der Waals surface area (Å²) in [6.45, 7) is 0. The van der Waals surface area contributed by atoms with Crippen molar-refractivity contribution in [1.29, 1.82) is 0 Å². The Balaban J connectivity index is 1.73. The summed E-state index contributed by atoms with van der Waals surface area (Å²) in [4.78, 5) is 16.2. The molecule has 0 unspecified atom stereocenters. The van der Waals surface area contributed by atoms with E-state index in [1.807, 2.05) is 24.3 Å². The maximum Gasteiger partial charge on any atom is 0.254 e. The van der Waals surface area contributed by atoms with Gasteiger partial charge in [0.05, 0.1) is 5.56 Å². The zero-order chi connectivity index (χ0) is 14.8. The Bertz CT molecular complexity index is 675. The minimum Gasteiger partial charge on any atom is -0.349 e. The first-order valence-electron chi connectivity index (χ1n) is 6.82. The van der Waals surface area contributed by atoms with Gasteiger partial charge in [-0.15, -0.1) is 0 Å². The van der Waals surface area contributed by atoms with Crippen molar-refractivity contribution in [1.82, 2.24) is 10.3 Å². The molecular formula is C16H14Cl2N2O. The molecule has 108 valence electrons. The number of rotatable bonds is 3. The number of benzene rings is 1. The highest BCUT2D eigenvalue weighted by atomic mass is 35.5. The summed E-state index contributed by atoms with van der Waals surface area (Å²) in [5, 5.41) is 4.00. The van der Waals surface area contributed by atoms with E-state index in [9.17, 15) is 4.79 Å². The number of hydrogen-bond acceptors (Lipinski definition) is 2. The van der Waals surface area contributed by atoms with Gasteiger partial charge in [-0.2, -0.15) is 0 Å². The minimum absolute atomic E-state index is 0.0914. The Morgan fingerprint density at radius 2 is 1.95 bits per heavy atom. The number of carbonyl (C=O) groups excluding carboxylic acids is 1. The average molecular weight is 321 g/mol. The molecule has 1 heterocycles. The lowest BCUT2D eigenvalue weighted by Crippen LogP contribution is -2.45. The van der Waals surface area contributed by atoms with Crippen molar-refractivity contribution in [2.24, 2.45) is 0 Å². The highest BCUT2D eigenvalue weighted by Crippen LogP contribution is 2.40. The predicted octanol–water partition coefficient (Wildman–Crippen LogP) is 4.06. The Hall–Kier alpha value is -1.58. The highest BCUT2D eigenvalue weighted by Gasteiger charge is 2.34. The van der Waals surface area contributed by atoms with Gasteiger partial charge in [-0.25, -0.2) is 4.98 Å². The quantitative estimate of drug-likeness (QED) is 0.866. The molecule has 3 rings (SSSR count). The molecule has 5 heteroatoms. The predicted molar refractivity (Wildman–Crippen MR) is 83.9 cm³/mol. The first kappa shape index (κ1) is 14.4. The van der Waals surface area contributed by atoms with Gasteiger partial charge in [0.2, 0.25) is 0 Å². The van der Waals surface area contributed by atoms with Crippen LogP contribution in [-0.2, 0) is 0 Å². The van der Waals surface area contributed by atoms with E-state index in [2.05, 4.69) is 10.3 Å². The number of hydrogen-bond donors (Lipinski definition) is 1. The number of carbonyl (C=O) groups is 1. The van der Waals surface area contributed by atoms with Crippen LogP contribution < -0.4 is 5.32 Å². The van der Waals surface area contributed by atoms with Crippen molar-refractivity contribution in [3.05, 3.63) is 63.9 Å². The van der Waals surface area contributed by atoms with E-state index in [1.54, 1.807) is 18.3 Å². The third-order valence-corrected chi connectivity index (χ3v) is 4.54. The topological polar surface area (TPSA) is 42.0 Å². The Morgan fingerprint density at radius 3 is 2.62 bits per heavy atom. The number of amides is 1. The second-order valence-corrected chi connectivity index (χ2v) is 5.89. The van der Waals surface area contributed by atoms with Gasteiger partial charge >= 0.3 is 0 Å². The fraction of sp³-hybridized carbons (Fsp3) is 0.250. The summed E-state index contributed by atoms with van der Waals surface area (Å²) < 4.78 is 0. The fourth-order valence-electron chi connectivity index (χ4n) is 2.62. The number of nitrogens with one attached hydrogen (secondary N) is 1. The normalized spacial score (nSPS) is 20.7. The standard InChI is InChI=1S/C16H14Cl2N2O/c17-13-6-2-1-4-10(13)11-7-8-14(11)20-16(21)12-5-3-9-19-15(12)18/h1-6,9,11,14H,7-8H2,(H,20,21)/t11-,14+/m0/s1. The zero-order valence-electron chi connectivity index (χ0n) is 11.2. The summed E-state index contributed by atoms with van der Waals surface area (Å²) in [6, 6.07) is 11.2. The molecule has 0 spiro atoms. The summed E-state index contributed by atoms with van der Waals surface area (Å²) in [7, 11) is 0. The van der Waals surface area contributed by atoms with E-state index in [0.717, 1.165) is 23.4 Å². The van der Waals surface area contributed by atoms with Gasteiger partial charge in [-0.3, -0.25) is 4.79 Å². The van der Waals surface area contributed by atoms with Gasteiger partial charge in [-0.1, -0.05) is 41.4 Å². The van der Waals surface area contributed by atoms with Crippen LogP contribution in [0.1, 0.15) is 34.7 Å². The largest absolute Gasteiger partial charge is 0.349 e. The Labute approximate surface area is 133 Å². The maximum absolute atomic E-state index is 12.3. The first-order chi connectivity index (χ1) is 10.2. The number of halogens is 2. The van der Waals surface area contributed by atoms with Gasteiger partial charge in [0.15, 0.2) is 0 Å². The molecule has 1 amide bonds. The molecule has 0 bridgehead atoms. The van der Waals surface area contributed by atoms with E-state index < -0.39 is 0 Å². The van der Waals surface area contributed by atoms with Crippen molar-refractivity contribution < 1.29 is 4.79 Å². The van der Waals surface area contributed by atoms with Crippen LogP contribution in [0.25, 0.3) is 0 Å². The van der Waals surface area contributed by atoms with Crippen LogP contribution >= 0.6 is 23.2 Å². The third-order valence-electron chi connectivity index (χ3n) is 3.90. The molecule has 1 N–H and O–H groups in total. The van der Waals surface area contributed by atoms with E-state index in [1.165, 1.54) is 0 Å². The molecule has 0 radical (unpaired) electrons. The summed E-state index contributed by atoms with van der Waals surface area (Å²) in [6.07, 6.45) is 3.53. The molecule has 0 saturated heterocycles. The summed E-state index contributed by atoms with van der Waals surface area (Å²) in [5.74, 6) is 0.0768. The van der Waals surface area contributed by atoms with E-state index in [4.69, 9.17) is 23.2 Å². The second-order valence-electron chi connectivity index (χ2n) is 5.13. The van der Waals surface area contributed by atoms with E-state index in [0.29, 0.717) is 5.56 Å². The molecule has 1 aliphatic rings. The number of aromatic nitrogens is 1. The SMILES string of the molecule is O=C(N[C@@H]1CC[C@H]1c1ccccc1Cl)c1cccnc1Cl. The van der Waals surface area contributed by atoms with Crippen LogP contribution in [0.2, 0.25) is 10.2 Å². The van der Waals surface area contributed by atoms with Crippen LogP contribution in [-0.4, -0.2) is 16.9 Å². The van der Waals surface area contributed by atoms with Crippen LogP contribution in [0.5, 0.6) is 0 Å². The first-order valence-corrected chi connectivity index (χ1v) is 7.58. The van der Waals surface area contributed by atoms with Crippen LogP contribution in [0.3, 0.4) is 0 Å². The smallest absolute Gasteiger partial charge is 0.254 e. The van der Waals surface area contributed by atoms with Crippen molar-refractivity contribution >= 4 is 29.1 Å². The lowest BCUT2D eigenvalue weighted by molar-refractivity contribution is 0.0904. The molecule has 1 aromatic carbocycles. The number of pyridine rings is 1. The molecule has 3 nitrogen and oxygen atoms in total. The molecule has 2 aromatic rings. The second kappa shape index (κ2) is 6.04. The molecular weight excluding hydrogens is 307 g/mol. The molecule has 1 saturated carbocycles. The van der Waals surface area contributed by atoms with Crippen molar-refractivity contribution in [2.75, 3.05) is 0 Å². The van der Waals surface area contributed by atoms with Gasteiger partial charge < -0.3 is 5.32 Å². The molecule has 1 aliphatic carbocycles. The third kappa shape index (κ3) is 2.89. The van der Waals surface area contributed by atoms with Crippen LogP contribution in [0.4, 0.5) is 0 Å². The number of nitrogens with zero attached hydrogens (tertiary/aromatic N) is 1. The van der Waals surface area contributed by atoms with Gasteiger partial charge in [0.25, 0.3) is 5.91 Å². The van der Waals surface area contributed by atoms with Gasteiger partial charge in [0, 0.05) is 23.2 Å². The van der Waals surface area contributed by atoms with Gasteiger partial charge in [0.1, 0.15) is 5.15 Å². The summed E-state index contributed by atoms with van der Waals surface area (Å²) in [5.41, 5.74) is 1.50. The zero-order valence-corrected chi connectivity index (χ0v) is 12.7. The Kier molecular flexibility index (Phi) is 4.13. The van der Waals surface area contributed by atoms with Crippen molar-refractivity contribution in [3.8, 4) is 0 Å². The molecule has 1 fully saturated rings. The van der Waals surface area contributed by atoms with Crippen LogP contribution in [0, 0.1) is 0 Å². The van der Waals surface area contributed by atoms with Crippen molar-refractivity contribution in [3.63, 3.8) is 0 Å². The lowest BCUT2D eigenvalue weighted by atomic mass is 9.75. The van der Waals surface area contributed by atoms with E-state index >= 15 is 0 Å². The highest BCUT2D eigenvalue weighted by molar-refractivity contribution is 6.32. The maximum atomic E-state index is 12.3. The van der Waals surface area contributed by atoms with Crippen molar-refractivity contribution in [2.45, 2.75) is 24.8 Å². The lowest BCUT2D eigenvalue weighted by Gasteiger charge is -2.38. The molecule has 21 heavy (non-hydrogen) atoms. The average Bonchev–Trinajstić information content (AvgIpc) is 2.46. The van der Waals surface area contributed by atoms with E-state index in [-0.39, 0.29) is 23.0 Å². The minimum atomic E-state index is -0.185.